The fraction of sp³-hybridized carbons (Fsp3) is 0.238. The quantitative estimate of drug-likeness (QED) is 0.745. The summed E-state index contributed by atoms with van der Waals surface area (Å²) < 4.78 is 19.2. The van der Waals surface area contributed by atoms with Crippen LogP contribution in [0.4, 0.5) is 4.39 Å². The van der Waals surface area contributed by atoms with Crippen LogP contribution in [0.1, 0.15) is 30.0 Å². The van der Waals surface area contributed by atoms with E-state index in [0.29, 0.717) is 41.5 Å². The number of carbonyl (C=O) groups excluding carboxylic acids is 1. The molecular weight excluding hydrogens is 347 g/mol. The molecule has 0 radical (unpaired) electrons. The van der Waals surface area contributed by atoms with Crippen LogP contribution in [0.5, 0.6) is 0 Å². The van der Waals surface area contributed by atoms with Gasteiger partial charge in [-0.1, -0.05) is 24.3 Å². The molecule has 0 unspecified atom stereocenters. The molecule has 1 aliphatic heterocycles. The Kier molecular flexibility index (Phi) is 4.73. The maximum Gasteiger partial charge on any atom is 0.220 e. The topological polar surface area (TPSA) is 71.3 Å². The van der Waals surface area contributed by atoms with E-state index in [1.807, 2.05) is 6.07 Å². The van der Waals surface area contributed by atoms with Crippen LogP contribution in [0.25, 0.3) is 11.0 Å². The first-order valence-electron chi connectivity index (χ1n) is 8.89. The van der Waals surface area contributed by atoms with Gasteiger partial charge in [-0.05, 0) is 36.2 Å². The van der Waals surface area contributed by atoms with E-state index in [2.05, 4.69) is 10.6 Å². The minimum atomic E-state index is -0.352. The molecule has 0 bridgehead atoms. The third kappa shape index (κ3) is 3.61. The number of fused-ring (bicyclic) bond motifs is 1. The number of piperidine rings is 1. The minimum Gasteiger partial charge on any atom is -0.464 e. The summed E-state index contributed by atoms with van der Waals surface area (Å²) in [6.07, 6.45) is 2.46. The van der Waals surface area contributed by atoms with Crippen molar-refractivity contribution in [3.8, 4) is 0 Å². The molecule has 4 rings (SSSR count). The minimum absolute atomic E-state index is 0.0625. The van der Waals surface area contributed by atoms with E-state index in [9.17, 15) is 14.0 Å². The molecule has 1 amide bonds. The van der Waals surface area contributed by atoms with Crippen molar-refractivity contribution in [3.05, 3.63) is 82.0 Å². The molecule has 2 N–H and O–H groups in total. The fourth-order valence-electron chi connectivity index (χ4n) is 3.52. The van der Waals surface area contributed by atoms with Crippen LogP contribution in [0.2, 0.25) is 0 Å². The van der Waals surface area contributed by atoms with Gasteiger partial charge in [0.25, 0.3) is 0 Å². The highest BCUT2D eigenvalue weighted by Crippen LogP contribution is 2.25. The molecule has 27 heavy (non-hydrogen) atoms. The molecular formula is C21H19FN2O3. The maximum atomic E-state index is 13.6. The van der Waals surface area contributed by atoms with E-state index in [4.69, 9.17) is 4.42 Å². The van der Waals surface area contributed by atoms with Gasteiger partial charge in [-0.2, -0.15) is 0 Å². The van der Waals surface area contributed by atoms with Gasteiger partial charge in [-0.25, -0.2) is 4.39 Å². The first-order chi connectivity index (χ1) is 13.1. The zero-order chi connectivity index (χ0) is 18.8. The predicted molar refractivity (Wildman–Crippen MR) is 99.6 cm³/mol. The normalized spacial score (nSPS) is 19.8. The van der Waals surface area contributed by atoms with Crippen molar-refractivity contribution in [1.29, 1.82) is 0 Å². The van der Waals surface area contributed by atoms with Crippen LogP contribution in [-0.2, 0) is 11.3 Å². The number of carbonyl (C=O) groups is 1. The van der Waals surface area contributed by atoms with Crippen molar-refractivity contribution in [3.63, 3.8) is 0 Å². The largest absolute Gasteiger partial charge is 0.464 e. The lowest BCUT2D eigenvalue weighted by Crippen LogP contribution is -2.48. The molecule has 0 spiro atoms. The van der Waals surface area contributed by atoms with Crippen molar-refractivity contribution in [1.82, 2.24) is 10.6 Å². The number of benzene rings is 2. The predicted octanol–water partition coefficient (Wildman–Crippen LogP) is 3.04. The summed E-state index contributed by atoms with van der Waals surface area (Å²) in [5.74, 6) is -0.409. The van der Waals surface area contributed by atoms with E-state index < -0.39 is 0 Å². The lowest BCUT2D eigenvalue weighted by Gasteiger charge is -2.33. The number of rotatable bonds is 4. The van der Waals surface area contributed by atoms with Gasteiger partial charge in [-0.15, -0.1) is 0 Å². The smallest absolute Gasteiger partial charge is 0.220 e. The summed E-state index contributed by atoms with van der Waals surface area (Å²) in [5.41, 5.74) is 1.69. The third-order valence-electron chi connectivity index (χ3n) is 4.92. The van der Waals surface area contributed by atoms with Crippen LogP contribution in [0.15, 0.2) is 64.0 Å². The molecule has 1 aromatic heterocycles. The summed E-state index contributed by atoms with van der Waals surface area (Å²) in [5, 5.41) is 6.79. The molecule has 6 heteroatoms. The average molecular weight is 366 g/mol. The van der Waals surface area contributed by atoms with Crippen LogP contribution in [-0.4, -0.2) is 11.9 Å². The van der Waals surface area contributed by atoms with Crippen molar-refractivity contribution in [2.75, 3.05) is 0 Å². The van der Waals surface area contributed by atoms with Crippen LogP contribution in [0, 0.1) is 5.82 Å². The van der Waals surface area contributed by atoms with E-state index in [1.165, 1.54) is 18.4 Å². The Morgan fingerprint density at radius 3 is 2.85 bits per heavy atom. The summed E-state index contributed by atoms with van der Waals surface area (Å²) >= 11 is 0. The lowest BCUT2D eigenvalue weighted by atomic mass is 9.91. The molecule has 1 aliphatic rings. The molecule has 5 nitrogen and oxygen atoms in total. The summed E-state index contributed by atoms with van der Waals surface area (Å²) in [6, 6.07) is 12.9. The van der Waals surface area contributed by atoms with Gasteiger partial charge in [0.05, 0.1) is 17.7 Å². The molecule has 0 aliphatic carbocycles. The van der Waals surface area contributed by atoms with E-state index >= 15 is 0 Å². The highest BCUT2D eigenvalue weighted by molar-refractivity contribution is 5.78. The Balaban J connectivity index is 1.56. The SMILES string of the molecule is O=C1CC[C@@H](NCc2coc3ccccc3c2=O)[C@H](c2cccc(F)c2)N1. The summed E-state index contributed by atoms with van der Waals surface area (Å²) in [4.78, 5) is 24.5. The standard InChI is InChI=1S/C21H19FN2O3/c22-15-5-3-4-13(10-15)20-17(8-9-19(25)24-20)23-11-14-12-27-18-7-2-1-6-16(18)21(14)26/h1-7,10,12,17,20,23H,8-9,11H2,(H,24,25)/t17-,20+/m1/s1. The van der Waals surface area contributed by atoms with E-state index in [0.717, 1.165) is 0 Å². The molecule has 0 saturated carbocycles. The van der Waals surface area contributed by atoms with E-state index in [-0.39, 0.29) is 29.2 Å². The molecule has 3 aromatic rings. The third-order valence-corrected chi connectivity index (χ3v) is 4.92. The Labute approximate surface area is 155 Å². The number of amides is 1. The Morgan fingerprint density at radius 2 is 2.00 bits per heavy atom. The first kappa shape index (κ1) is 17.4. The number of hydrogen-bond acceptors (Lipinski definition) is 4. The van der Waals surface area contributed by atoms with Gasteiger partial charge in [-0.3, -0.25) is 9.59 Å². The first-order valence-corrected chi connectivity index (χ1v) is 8.89. The number of hydrogen-bond donors (Lipinski definition) is 2. The second-order valence-corrected chi connectivity index (χ2v) is 6.71. The molecule has 2 aromatic carbocycles. The number of halogens is 1. The van der Waals surface area contributed by atoms with Gasteiger partial charge < -0.3 is 15.1 Å². The number of nitrogens with one attached hydrogen (secondary N) is 2. The van der Waals surface area contributed by atoms with E-state index in [1.54, 1.807) is 30.3 Å². The molecule has 2 heterocycles. The molecule has 1 fully saturated rings. The lowest BCUT2D eigenvalue weighted by molar-refractivity contribution is -0.123. The fourth-order valence-corrected chi connectivity index (χ4v) is 3.52. The monoisotopic (exact) mass is 366 g/mol. The van der Waals surface area contributed by atoms with Crippen LogP contribution in [0.3, 0.4) is 0 Å². The number of para-hydroxylation sites is 1. The zero-order valence-electron chi connectivity index (χ0n) is 14.6. The van der Waals surface area contributed by atoms with Crippen LogP contribution >= 0.6 is 0 Å². The zero-order valence-corrected chi connectivity index (χ0v) is 14.6. The van der Waals surface area contributed by atoms with Gasteiger partial charge in [0.2, 0.25) is 5.91 Å². The van der Waals surface area contributed by atoms with Gasteiger partial charge in [0.1, 0.15) is 11.4 Å². The van der Waals surface area contributed by atoms with Gasteiger partial charge >= 0.3 is 0 Å². The van der Waals surface area contributed by atoms with Gasteiger partial charge in [0.15, 0.2) is 5.43 Å². The Bertz CT molecular complexity index is 1050. The highest BCUT2D eigenvalue weighted by Gasteiger charge is 2.30. The second-order valence-electron chi connectivity index (χ2n) is 6.71. The highest BCUT2D eigenvalue weighted by atomic mass is 19.1. The van der Waals surface area contributed by atoms with Crippen LogP contribution < -0.4 is 16.1 Å². The van der Waals surface area contributed by atoms with Gasteiger partial charge in [0, 0.05) is 24.6 Å². The summed E-state index contributed by atoms with van der Waals surface area (Å²) in [7, 11) is 0. The van der Waals surface area contributed by atoms with Crippen molar-refractivity contribution < 1.29 is 13.6 Å². The average Bonchev–Trinajstić information content (AvgIpc) is 2.68. The Hall–Kier alpha value is -2.99. The van der Waals surface area contributed by atoms with Crippen molar-refractivity contribution in [2.45, 2.75) is 31.5 Å². The molecule has 1 saturated heterocycles. The molecule has 138 valence electrons. The summed E-state index contributed by atoms with van der Waals surface area (Å²) in [6.45, 7) is 0.305. The maximum absolute atomic E-state index is 13.6. The second kappa shape index (κ2) is 7.32. The Morgan fingerprint density at radius 1 is 1.15 bits per heavy atom. The van der Waals surface area contributed by atoms with Crippen molar-refractivity contribution in [2.24, 2.45) is 0 Å². The van der Waals surface area contributed by atoms with Crippen molar-refractivity contribution >= 4 is 16.9 Å². The molecule has 2 atom stereocenters.